The second-order valence-electron chi connectivity index (χ2n) is 5.84. The minimum atomic E-state index is 0.740. The lowest BCUT2D eigenvalue weighted by atomic mass is 9.93. The Labute approximate surface area is 146 Å². The van der Waals surface area contributed by atoms with Crippen molar-refractivity contribution in [2.75, 3.05) is 0 Å². The van der Waals surface area contributed by atoms with E-state index in [-0.39, 0.29) is 0 Å². The van der Waals surface area contributed by atoms with Gasteiger partial charge in [-0.15, -0.1) is 0 Å². The van der Waals surface area contributed by atoms with Crippen LogP contribution in [0.5, 0.6) is 0 Å². The fraction of sp³-hybridized carbons (Fsp3) is 0.0455. The van der Waals surface area contributed by atoms with Gasteiger partial charge in [-0.2, -0.15) is 0 Å². The van der Waals surface area contributed by atoms with Crippen molar-refractivity contribution >= 4 is 22.4 Å². The molecule has 1 nitrogen and oxygen atoms in total. The van der Waals surface area contributed by atoms with Gasteiger partial charge in [0.2, 0.25) is 0 Å². The number of benzene rings is 3. The van der Waals surface area contributed by atoms with Gasteiger partial charge in [-0.05, 0) is 30.0 Å². The Kier molecular flexibility index (Phi) is 3.79. The molecule has 0 fully saturated rings. The number of aromatic nitrogens is 1. The zero-order valence-electron chi connectivity index (χ0n) is 13.3. The summed E-state index contributed by atoms with van der Waals surface area (Å²) >= 11 is 6.31. The maximum Gasteiger partial charge on any atom is 0.0790 e. The van der Waals surface area contributed by atoms with Crippen LogP contribution in [-0.4, -0.2) is 4.98 Å². The summed E-state index contributed by atoms with van der Waals surface area (Å²) in [7, 11) is 0. The van der Waals surface area contributed by atoms with Crippen LogP contribution in [0.3, 0.4) is 0 Å². The topological polar surface area (TPSA) is 12.9 Å². The molecular formula is C22H16ClN. The van der Waals surface area contributed by atoms with Crippen molar-refractivity contribution in [3.05, 3.63) is 89.6 Å². The van der Waals surface area contributed by atoms with Crippen LogP contribution in [0.25, 0.3) is 33.2 Å². The van der Waals surface area contributed by atoms with E-state index in [1.54, 1.807) is 0 Å². The van der Waals surface area contributed by atoms with E-state index >= 15 is 0 Å². The molecule has 0 radical (unpaired) electrons. The van der Waals surface area contributed by atoms with E-state index in [2.05, 4.69) is 49.4 Å². The van der Waals surface area contributed by atoms with Crippen LogP contribution in [0, 0.1) is 6.92 Å². The van der Waals surface area contributed by atoms with Crippen LogP contribution in [0.15, 0.2) is 78.9 Å². The Morgan fingerprint density at radius 1 is 0.708 bits per heavy atom. The Balaban J connectivity index is 2.16. The first-order chi connectivity index (χ1) is 11.7. The molecule has 0 aliphatic carbocycles. The van der Waals surface area contributed by atoms with Crippen LogP contribution >= 0.6 is 11.6 Å². The van der Waals surface area contributed by atoms with Crippen LogP contribution in [0.4, 0.5) is 0 Å². The predicted molar refractivity (Wildman–Crippen MR) is 102 cm³/mol. The number of nitrogens with zero attached hydrogens (tertiary/aromatic N) is 1. The summed E-state index contributed by atoms with van der Waals surface area (Å²) in [6.07, 6.45) is 0. The minimum absolute atomic E-state index is 0.740. The summed E-state index contributed by atoms with van der Waals surface area (Å²) in [5, 5.41) is 3.02. The fourth-order valence-electron chi connectivity index (χ4n) is 3.15. The van der Waals surface area contributed by atoms with Gasteiger partial charge in [0.05, 0.1) is 5.69 Å². The summed E-state index contributed by atoms with van der Waals surface area (Å²) in [6, 6.07) is 26.7. The highest BCUT2D eigenvalue weighted by Crippen LogP contribution is 2.38. The summed E-state index contributed by atoms with van der Waals surface area (Å²) in [5.74, 6) is 0. The van der Waals surface area contributed by atoms with E-state index in [9.17, 15) is 0 Å². The van der Waals surface area contributed by atoms with Gasteiger partial charge in [0.1, 0.15) is 0 Å². The first-order valence-corrected chi connectivity index (χ1v) is 8.32. The molecule has 4 rings (SSSR count). The average molecular weight is 330 g/mol. The summed E-state index contributed by atoms with van der Waals surface area (Å²) in [6.45, 7) is 2.05. The lowest BCUT2D eigenvalue weighted by Gasteiger charge is -2.15. The van der Waals surface area contributed by atoms with Gasteiger partial charge < -0.3 is 0 Å². The molecule has 24 heavy (non-hydrogen) atoms. The maximum absolute atomic E-state index is 6.31. The third kappa shape index (κ3) is 2.57. The highest BCUT2D eigenvalue weighted by Gasteiger charge is 2.15. The number of pyridine rings is 1. The summed E-state index contributed by atoms with van der Waals surface area (Å²) < 4.78 is 0. The van der Waals surface area contributed by atoms with E-state index in [0.717, 1.165) is 43.9 Å². The van der Waals surface area contributed by atoms with Crippen molar-refractivity contribution in [1.29, 1.82) is 0 Å². The normalized spacial score (nSPS) is 10.9. The molecule has 0 saturated carbocycles. The van der Waals surface area contributed by atoms with E-state index in [1.165, 1.54) is 0 Å². The number of rotatable bonds is 2. The van der Waals surface area contributed by atoms with Gasteiger partial charge >= 0.3 is 0 Å². The predicted octanol–water partition coefficient (Wildman–Crippen LogP) is 6.53. The van der Waals surface area contributed by atoms with Crippen molar-refractivity contribution in [1.82, 2.24) is 4.98 Å². The molecule has 0 unspecified atom stereocenters. The maximum atomic E-state index is 6.31. The number of hydrogen-bond acceptors (Lipinski definition) is 1. The number of halogens is 1. The van der Waals surface area contributed by atoms with Gasteiger partial charge in [-0.25, -0.2) is 0 Å². The molecule has 1 heterocycles. The van der Waals surface area contributed by atoms with E-state index in [1.807, 2.05) is 36.4 Å². The molecule has 0 N–H and O–H groups in total. The van der Waals surface area contributed by atoms with Crippen LogP contribution in [0.1, 0.15) is 5.69 Å². The Morgan fingerprint density at radius 2 is 1.33 bits per heavy atom. The van der Waals surface area contributed by atoms with Crippen molar-refractivity contribution in [3.8, 4) is 22.4 Å². The Bertz CT molecular complexity index is 1010. The summed E-state index contributed by atoms with van der Waals surface area (Å²) in [4.78, 5) is 4.93. The number of fused-ring (bicyclic) bond motifs is 1. The van der Waals surface area contributed by atoms with Crippen LogP contribution in [-0.2, 0) is 0 Å². The van der Waals surface area contributed by atoms with Crippen molar-refractivity contribution < 1.29 is 0 Å². The molecule has 1 aromatic heterocycles. The van der Waals surface area contributed by atoms with E-state index in [4.69, 9.17) is 16.6 Å². The molecule has 0 amide bonds. The zero-order chi connectivity index (χ0) is 16.5. The standard InChI is InChI=1S/C22H16ClN/c1-15-19-13-12-18(23)14-20(19)21(16-8-4-2-5-9-16)22(24-15)17-10-6-3-7-11-17/h2-14H,1H3. The monoisotopic (exact) mass is 329 g/mol. The minimum Gasteiger partial charge on any atom is -0.252 e. The quantitative estimate of drug-likeness (QED) is 0.407. The molecule has 0 bridgehead atoms. The molecule has 2 heteroatoms. The van der Waals surface area contributed by atoms with Crippen molar-refractivity contribution in [2.24, 2.45) is 0 Å². The van der Waals surface area contributed by atoms with E-state index in [0.29, 0.717) is 0 Å². The number of aryl methyl sites for hydroxylation is 1. The number of hydrogen-bond donors (Lipinski definition) is 0. The SMILES string of the molecule is Cc1nc(-c2ccccc2)c(-c2ccccc2)c2cc(Cl)ccc12. The summed E-state index contributed by atoms with van der Waals surface area (Å²) in [5.41, 5.74) is 5.40. The molecule has 0 aliphatic rings. The van der Waals surface area contributed by atoms with Gasteiger partial charge in [0.25, 0.3) is 0 Å². The smallest absolute Gasteiger partial charge is 0.0790 e. The van der Waals surface area contributed by atoms with Gasteiger partial charge in [0, 0.05) is 27.2 Å². The lowest BCUT2D eigenvalue weighted by Crippen LogP contribution is -1.95. The third-order valence-electron chi connectivity index (χ3n) is 4.27. The van der Waals surface area contributed by atoms with Crippen LogP contribution in [0.2, 0.25) is 5.02 Å². The molecule has 0 saturated heterocycles. The molecule has 116 valence electrons. The Hall–Kier alpha value is -2.64. The van der Waals surface area contributed by atoms with Crippen molar-refractivity contribution in [3.63, 3.8) is 0 Å². The third-order valence-corrected chi connectivity index (χ3v) is 4.50. The first kappa shape index (κ1) is 14.9. The fourth-order valence-corrected chi connectivity index (χ4v) is 3.32. The molecule has 3 aromatic carbocycles. The van der Waals surface area contributed by atoms with Crippen molar-refractivity contribution in [2.45, 2.75) is 6.92 Å². The lowest BCUT2D eigenvalue weighted by molar-refractivity contribution is 1.24. The second-order valence-corrected chi connectivity index (χ2v) is 6.28. The average Bonchev–Trinajstić information content (AvgIpc) is 2.63. The zero-order valence-corrected chi connectivity index (χ0v) is 14.1. The molecule has 0 spiro atoms. The van der Waals surface area contributed by atoms with Gasteiger partial charge in [-0.3, -0.25) is 4.98 Å². The highest BCUT2D eigenvalue weighted by atomic mass is 35.5. The molecular weight excluding hydrogens is 314 g/mol. The first-order valence-electron chi connectivity index (χ1n) is 7.95. The van der Waals surface area contributed by atoms with Gasteiger partial charge in [0.15, 0.2) is 0 Å². The Morgan fingerprint density at radius 3 is 2.00 bits per heavy atom. The molecule has 0 atom stereocenters. The van der Waals surface area contributed by atoms with Crippen LogP contribution < -0.4 is 0 Å². The second kappa shape index (κ2) is 6.10. The largest absolute Gasteiger partial charge is 0.252 e. The molecule has 4 aromatic rings. The highest BCUT2D eigenvalue weighted by molar-refractivity contribution is 6.31. The van der Waals surface area contributed by atoms with Gasteiger partial charge in [-0.1, -0.05) is 78.3 Å². The molecule has 0 aliphatic heterocycles. The van der Waals surface area contributed by atoms with E-state index < -0.39 is 0 Å².